The Kier molecular flexibility index (Phi) is 5.43. The summed E-state index contributed by atoms with van der Waals surface area (Å²) < 4.78 is 36.4. The van der Waals surface area contributed by atoms with Crippen LogP contribution in [0.1, 0.15) is 13.8 Å². The van der Waals surface area contributed by atoms with E-state index in [-0.39, 0.29) is 18.9 Å². The first-order chi connectivity index (χ1) is 7.32. The smallest absolute Gasteiger partial charge is 0.309 e. The minimum Gasteiger partial charge on any atom is -0.309 e. The Balaban J connectivity index is 0.00000106. The van der Waals surface area contributed by atoms with E-state index >= 15 is 0 Å². The molecule has 1 saturated heterocycles. The maximum atomic E-state index is 12.1. The van der Waals surface area contributed by atoms with Crippen molar-refractivity contribution in [3.05, 3.63) is 0 Å². The molecule has 1 aliphatic rings. The van der Waals surface area contributed by atoms with Crippen molar-refractivity contribution in [1.29, 1.82) is 10.8 Å². The van der Waals surface area contributed by atoms with Crippen LogP contribution in [0.4, 0.5) is 13.2 Å². The fourth-order valence-corrected chi connectivity index (χ4v) is 1.23. The van der Waals surface area contributed by atoms with Crippen LogP contribution in [-0.2, 0) is 0 Å². The molecule has 1 rings (SSSR count). The SMILES string of the molecule is CC.CN1CCN(C(=N)C(F)(F)F)C(=N)C1. The highest BCUT2D eigenvalue weighted by Gasteiger charge is 2.40. The van der Waals surface area contributed by atoms with Crippen LogP contribution < -0.4 is 0 Å². The molecule has 94 valence electrons. The quantitative estimate of drug-likeness (QED) is 0.499. The average molecular weight is 238 g/mol. The maximum Gasteiger partial charge on any atom is 0.449 e. The Morgan fingerprint density at radius 2 is 1.75 bits per heavy atom. The van der Waals surface area contributed by atoms with Gasteiger partial charge in [0.2, 0.25) is 5.84 Å². The maximum absolute atomic E-state index is 12.1. The molecule has 0 aliphatic carbocycles. The predicted octanol–water partition coefficient (Wildman–Crippen LogP) is 1.78. The lowest BCUT2D eigenvalue weighted by atomic mass is 10.3. The number of amidine groups is 2. The molecular formula is C9H17F3N4. The summed E-state index contributed by atoms with van der Waals surface area (Å²) >= 11 is 0. The fraction of sp³-hybridized carbons (Fsp3) is 0.778. The largest absolute Gasteiger partial charge is 0.449 e. The fourth-order valence-electron chi connectivity index (χ4n) is 1.23. The Morgan fingerprint density at radius 1 is 1.25 bits per heavy atom. The van der Waals surface area contributed by atoms with Gasteiger partial charge in [0.05, 0.1) is 6.54 Å². The van der Waals surface area contributed by atoms with Crippen molar-refractivity contribution in [3.63, 3.8) is 0 Å². The van der Waals surface area contributed by atoms with Gasteiger partial charge in [-0.2, -0.15) is 13.2 Å². The molecule has 0 spiro atoms. The van der Waals surface area contributed by atoms with Crippen LogP contribution in [0.15, 0.2) is 0 Å². The lowest BCUT2D eigenvalue weighted by Crippen LogP contribution is -2.54. The number of alkyl halides is 3. The van der Waals surface area contributed by atoms with Crippen LogP contribution in [0.5, 0.6) is 0 Å². The lowest BCUT2D eigenvalue weighted by molar-refractivity contribution is -0.0676. The minimum atomic E-state index is -4.66. The summed E-state index contributed by atoms with van der Waals surface area (Å²) in [6, 6.07) is 0. The van der Waals surface area contributed by atoms with E-state index in [1.54, 1.807) is 11.9 Å². The highest BCUT2D eigenvalue weighted by atomic mass is 19.4. The molecule has 1 aliphatic heterocycles. The molecule has 0 atom stereocenters. The second-order valence-electron chi connectivity index (χ2n) is 3.18. The first kappa shape index (κ1) is 14.9. The molecule has 0 radical (unpaired) electrons. The lowest BCUT2D eigenvalue weighted by Gasteiger charge is -2.34. The Morgan fingerprint density at radius 3 is 2.12 bits per heavy atom. The van der Waals surface area contributed by atoms with Gasteiger partial charge >= 0.3 is 6.18 Å². The van der Waals surface area contributed by atoms with E-state index in [1.165, 1.54) is 0 Å². The number of piperazine rings is 1. The van der Waals surface area contributed by atoms with Gasteiger partial charge in [0, 0.05) is 13.1 Å². The molecule has 0 aromatic carbocycles. The number of hydrogen-bond acceptors (Lipinski definition) is 3. The number of rotatable bonds is 0. The first-order valence-electron chi connectivity index (χ1n) is 5.01. The van der Waals surface area contributed by atoms with Gasteiger partial charge in [0.15, 0.2) is 0 Å². The zero-order valence-electron chi connectivity index (χ0n) is 9.65. The normalized spacial score (nSPS) is 17.9. The second-order valence-corrected chi connectivity index (χ2v) is 3.18. The van der Waals surface area contributed by atoms with Crippen molar-refractivity contribution < 1.29 is 13.2 Å². The van der Waals surface area contributed by atoms with Crippen molar-refractivity contribution >= 4 is 11.7 Å². The topological polar surface area (TPSA) is 54.2 Å². The van der Waals surface area contributed by atoms with Gasteiger partial charge in [-0.3, -0.25) is 15.7 Å². The van der Waals surface area contributed by atoms with Gasteiger partial charge < -0.3 is 4.90 Å². The Hall–Kier alpha value is -1.11. The molecule has 0 saturated carbocycles. The van der Waals surface area contributed by atoms with Crippen LogP contribution in [0, 0.1) is 10.8 Å². The van der Waals surface area contributed by atoms with Crippen molar-refractivity contribution in [2.45, 2.75) is 20.0 Å². The first-order valence-corrected chi connectivity index (χ1v) is 5.01. The molecular weight excluding hydrogens is 221 g/mol. The van der Waals surface area contributed by atoms with Gasteiger partial charge in [0.1, 0.15) is 5.84 Å². The molecule has 0 unspecified atom stereocenters. The van der Waals surface area contributed by atoms with E-state index in [4.69, 9.17) is 10.8 Å². The standard InChI is InChI=1S/C7H11F3N4.C2H6/c1-13-2-3-14(5(11)4-13)6(12)7(8,9)10;1-2/h11-12H,2-4H2,1H3;1-2H3. The number of halogens is 3. The van der Waals surface area contributed by atoms with Crippen molar-refractivity contribution in [3.8, 4) is 0 Å². The summed E-state index contributed by atoms with van der Waals surface area (Å²) in [6.07, 6.45) is -4.66. The molecule has 1 heterocycles. The molecule has 0 aromatic rings. The third-order valence-corrected chi connectivity index (χ3v) is 1.99. The monoisotopic (exact) mass is 238 g/mol. The van der Waals surface area contributed by atoms with Crippen LogP contribution in [-0.4, -0.2) is 54.3 Å². The van der Waals surface area contributed by atoms with E-state index in [0.29, 0.717) is 11.4 Å². The van der Waals surface area contributed by atoms with Crippen LogP contribution >= 0.6 is 0 Å². The minimum absolute atomic E-state index is 0.0493. The molecule has 7 heteroatoms. The zero-order chi connectivity index (χ0) is 12.9. The third-order valence-electron chi connectivity index (χ3n) is 1.99. The molecule has 0 bridgehead atoms. The van der Waals surface area contributed by atoms with Gasteiger partial charge in [-0.15, -0.1) is 0 Å². The average Bonchev–Trinajstić information content (AvgIpc) is 2.18. The van der Waals surface area contributed by atoms with Crippen molar-refractivity contribution in [2.75, 3.05) is 26.7 Å². The van der Waals surface area contributed by atoms with E-state index in [2.05, 4.69) is 0 Å². The third kappa shape index (κ3) is 3.80. The number of hydrogen-bond donors (Lipinski definition) is 2. The summed E-state index contributed by atoms with van der Waals surface area (Å²) in [5, 5.41) is 14.2. The Bertz CT molecular complexity index is 262. The summed E-state index contributed by atoms with van der Waals surface area (Å²) in [5.41, 5.74) is 0. The molecule has 16 heavy (non-hydrogen) atoms. The number of nitrogens with one attached hydrogen (secondary N) is 2. The molecule has 4 nitrogen and oxygen atoms in total. The summed E-state index contributed by atoms with van der Waals surface area (Å²) in [7, 11) is 1.73. The highest BCUT2D eigenvalue weighted by molar-refractivity contribution is 6.01. The number of likely N-dealkylation sites (N-methyl/N-ethyl adjacent to an activating group) is 1. The molecule has 0 amide bonds. The number of nitrogens with zero attached hydrogens (tertiary/aromatic N) is 2. The van der Waals surface area contributed by atoms with E-state index in [1.807, 2.05) is 13.8 Å². The van der Waals surface area contributed by atoms with E-state index in [0.717, 1.165) is 0 Å². The molecule has 1 fully saturated rings. The van der Waals surface area contributed by atoms with Crippen molar-refractivity contribution in [2.24, 2.45) is 0 Å². The van der Waals surface area contributed by atoms with Gasteiger partial charge in [-0.25, -0.2) is 0 Å². The summed E-state index contributed by atoms with van der Waals surface area (Å²) in [6.45, 7) is 4.63. The van der Waals surface area contributed by atoms with E-state index in [9.17, 15) is 13.2 Å². The van der Waals surface area contributed by atoms with Gasteiger partial charge in [-0.1, -0.05) is 13.8 Å². The zero-order valence-corrected chi connectivity index (χ0v) is 9.65. The summed E-state index contributed by atoms with van der Waals surface area (Å²) in [4.78, 5) is 2.43. The summed E-state index contributed by atoms with van der Waals surface area (Å²) in [5.74, 6) is -1.63. The van der Waals surface area contributed by atoms with Gasteiger partial charge in [-0.05, 0) is 7.05 Å². The van der Waals surface area contributed by atoms with Crippen LogP contribution in [0.3, 0.4) is 0 Å². The van der Waals surface area contributed by atoms with Crippen LogP contribution in [0.2, 0.25) is 0 Å². The predicted molar refractivity (Wildman–Crippen MR) is 57.1 cm³/mol. The van der Waals surface area contributed by atoms with Crippen LogP contribution in [0.25, 0.3) is 0 Å². The highest BCUT2D eigenvalue weighted by Crippen LogP contribution is 2.20. The molecule has 0 aromatic heterocycles. The molecule has 2 N–H and O–H groups in total. The van der Waals surface area contributed by atoms with Crippen molar-refractivity contribution in [1.82, 2.24) is 9.80 Å². The van der Waals surface area contributed by atoms with E-state index < -0.39 is 12.0 Å². The van der Waals surface area contributed by atoms with Gasteiger partial charge in [0.25, 0.3) is 0 Å². The Labute approximate surface area is 93.0 Å². The second kappa shape index (κ2) is 5.83.